The summed E-state index contributed by atoms with van der Waals surface area (Å²) in [5, 5.41) is 7.85. The molecule has 2 unspecified atom stereocenters. The lowest BCUT2D eigenvalue weighted by molar-refractivity contribution is 0.102. The zero-order chi connectivity index (χ0) is 15.0. The topological polar surface area (TPSA) is 56.4 Å². The minimum Gasteiger partial charge on any atom is -0.384 e. The average molecular weight is 286 g/mol. The highest BCUT2D eigenvalue weighted by atomic mass is 15.2. The summed E-state index contributed by atoms with van der Waals surface area (Å²) in [5.41, 5.74) is 9.08. The van der Waals surface area contributed by atoms with Gasteiger partial charge in [0.05, 0.1) is 5.69 Å². The molecular weight excluding hydrogens is 260 g/mol. The molecule has 2 atom stereocenters. The van der Waals surface area contributed by atoms with Crippen molar-refractivity contribution in [1.29, 1.82) is 5.41 Å². The van der Waals surface area contributed by atoms with E-state index < -0.39 is 0 Å². The number of amidine groups is 1. The molecule has 2 heterocycles. The predicted octanol–water partition coefficient (Wildman–Crippen LogP) is 2.20. The van der Waals surface area contributed by atoms with Gasteiger partial charge in [-0.05, 0) is 57.3 Å². The Labute approximate surface area is 127 Å². The second-order valence-electron chi connectivity index (χ2n) is 6.57. The molecule has 2 aliphatic rings. The van der Waals surface area contributed by atoms with Crippen LogP contribution in [0.25, 0.3) is 0 Å². The number of anilines is 1. The Morgan fingerprint density at radius 3 is 2.86 bits per heavy atom. The highest BCUT2D eigenvalue weighted by Crippen LogP contribution is 2.34. The van der Waals surface area contributed by atoms with E-state index in [1.165, 1.54) is 37.1 Å². The normalized spacial score (nSPS) is 26.5. The van der Waals surface area contributed by atoms with Crippen molar-refractivity contribution in [2.45, 2.75) is 32.2 Å². The summed E-state index contributed by atoms with van der Waals surface area (Å²) in [7, 11) is 2.27. The number of fused-ring (bicyclic) bond motifs is 1. The first kappa shape index (κ1) is 14.4. The van der Waals surface area contributed by atoms with E-state index in [0.29, 0.717) is 0 Å². The van der Waals surface area contributed by atoms with Crippen molar-refractivity contribution in [3.05, 3.63) is 29.3 Å². The first-order valence-electron chi connectivity index (χ1n) is 7.97. The maximum Gasteiger partial charge on any atom is 0.124 e. The zero-order valence-electron chi connectivity index (χ0n) is 13.1. The van der Waals surface area contributed by atoms with Crippen LogP contribution in [0.2, 0.25) is 0 Å². The van der Waals surface area contributed by atoms with Crippen LogP contribution in [0.5, 0.6) is 0 Å². The number of nitrogens with one attached hydrogen (secondary N) is 1. The van der Waals surface area contributed by atoms with E-state index in [9.17, 15) is 0 Å². The number of para-hydroxylation sites is 1. The van der Waals surface area contributed by atoms with Gasteiger partial charge in [-0.1, -0.05) is 12.1 Å². The fourth-order valence-corrected chi connectivity index (χ4v) is 4.15. The summed E-state index contributed by atoms with van der Waals surface area (Å²) in [6, 6.07) is 6.83. The quantitative estimate of drug-likeness (QED) is 0.647. The summed E-state index contributed by atoms with van der Waals surface area (Å²) >= 11 is 0. The van der Waals surface area contributed by atoms with Crippen molar-refractivity contribution < 1.29 is 0 Å². The van der Waals surface area contributed by atoms with Crippen molar-refractivity contribution in [2.24, 2.45) is 11.7 Å². The Kier molecular flexibility index (Phi) is 3.89. The molecule has 3 rings (SSSR count). The summed E-state index contributed by atoms with van der Waals surface area (Å²) in [5.74, 6) is 0.925. The second kappa shape index (κ2) is 5.68. The second-order valence-corrected chi connectivity index (χ2v) is 6.57. The molecular formula is C17H26N4. The third-order valence-electron chi connectivity index (χ3n) is 5.19. The van der Waals surface area contributed by atoms with Gasteiger partial charge in [-0.15, -0.1) is 0 Å². The smallest absolute Gasteiger partial charge is 0.124 e. The highest BCUT2D eigenvalue weighted by Gasteiger charge is 2.35. The van der Waals surface area contributed by atoms with E-state index in [-0.39, 0.29) is 5.84 Å². The monoisotopic (exact) mass is 286 g/mol. The third-order valence-corrected chi connectivity index (χ3v) is 5.19. The van der Waals surface area contributed by atoms with Gasteiger partial charge in [0.25, 0.3) is 0 Å². The van der Waals surface area contributed by atoms with Gasteiger partial charge >= 0.3 is 0 Å². The summed E-state index contributed by atoms with van der Waals surface area (Å²) < 4.78 is 0. The van der Waals surface area contributed by atoms with Gasteiger partial charge in [-0.3, -0.25) is 5.41 Å². The van der Waals surface area contributed by atoms with Crippen LogP contribution in [0, 0.1) is 18.3 Å². The maximum absolute atomic E-state index is 7.85. The largest absolute Gasteiger partial charge is 0.384 e. The van der Waals surface area contributed by atoms with E-state index >= 15 is 0 Å². The first-order valence-corrected chi connectivity index (χ1v) is 7.97. The van der Waals surface area contributed by atoms with Gasteiger partial charge in [0, 0.05) is 24.7 Å². The molecule has 0 spiro atoms. The molecule has 114 valence electrons. The first-order chi connectivity index (χ1) is 10.1. The van der Waals surface area contributed by atoms with Gasteiger partial charge in [0.15, 0.2) is 0 Å². The van der Waals surface area contributed by atoms with E-state index in [4.69, 9.17) is 11.1 Å². The van der Waals surface area contributed by atoms with Crippen LogP contribution in [0.1, 0.15) is 30.4 Å². The van der Waals surface area contributed by atoms with Gasteiger partial charge in [-0.2, -0.15) is 0 Å². The van der Waals surface area contributed by atoms with Crippen LogP contribution in [0.4, 0.5) is 5.69 Å². The molecule has 3 N–H and O–H groups in total. The molecule has 4 heteroatoms. The zero-order valence-corrected chi connectivity index (χ0v) is 13.1. The minimum atomic E-state index is 0.177. The van der Waals surface area contributed by atoms with E-state index in [1.54, 1.807) is 0 Å². The molecule has 21 heavy (non-hydrogen) atoms. The van der Waals surface area contributed by atoms with Gasteiger partial charge in [-0.25, -0.2) is 0 Å². The van der Waals surface area contributed by atoms with Crippen molar-refractivity contribution in [1.82, 2.24) is 4.90 Å². The molecule has 0 aliphatic carbocycles. The number of nitrogen functional groups attached to an aromatic ring is 1. The number of hydrogen-bond donors (Lipinski definition) is 2. The molecule has 0 radical (unpaired) electrons. The molecule has 1 aromatic rings. The number of likely N-dealkylation sites (tertiary alicyclic amines) is 1. The maximum atomic E-state index is 7.85. The molecule has 0 bridgehead atoms. The summed E-state index contributed by atoms with van der Waals surface area (Å²) in [6.07, 6.45) is 3.85. The van der Waals surface area contributed by atoms with Gasteiger partial charge in [0.1, 0.15) is 5.84 Å². The number of piperidine rings is 2. The van der Waals surface area contributed by atoms with E-state index in [2.05, 4.69) is 29.8 Å². The van der Waals surface area contributed by atoms with Crippen LogP contribution >= 0.6 is 0 Å². The van der Waals surface area contributed by atoms with Crippen molar-refractivity contribution >= 4 is 11.5 Å². The highest BCUT2D eigenvalue weighted by molar-refractivity contribution is 6.01. The Morgan fingerprint density at radius 2 is 2.10 bits per heavy atom. The lowest BCUT2D eigenvalue weighted by Gasteiger charge is -2.47. The predicted molar refractivity (Wildman–Crippen MR) is 88.2 cm³/mol. The average Bonchev–Trinajstić information content (AvgIpc) is 2.46. The van der Waals surface area contributed by atoms with E-state index in [0.717, 1.165) is 30.6 Å². The molecule has 0 saturated carbocycles. The van der Waals surface area contributed by atoms with Crippen LogP contribution in [0.15, 0.2) is 18.2 Å². The fraction of sp³-hybridized carbons (Fsp3) is 0.588. The minimum absolute atomic E-state index is 0.177. The fourth-order valence-electron chi connectivity index (χ4n) is 4.15. The molecule has 0 amide bonds. The molecule has 2 saturated heterocycles. The number of hydrogen-bond acceptors (Lipinski definition) is 3. The van der Waals surface area contributed by atoms with Crippen LogP contribution < -0.4 is 10.6 Å². The van der Waals surface area contributed by atoms with Gasteiger partial charge < -0.3 is 15.5 Å². The Bertz CT molecular complexity index is 540. The summed E-state index contributed by atoms with van der Waals surface area (Å²) in [4.78, 5) is 5.00. The third kappa shape index (κ3) is 2.64. The summed E-state index contributed by atoms with van der Waals surface area (Å²) in [6.45, 7) is 5.53. The molecule has 2 aliphatic heterocycles. The number of benzene rings is 1. The van der Waals surface area contributed by atoms with Crippen LogP contribution in [-0.4, -0.2) is 43.5 Å². The van der Waals surface area contributed by atoms with Gasteiger partial charge in [0.2, 0.25) is 0 Å². The number of aryl methyl sites for hydroxylation is 1. The van der Waals surface area contributed by atoms with Crippen LogP contribution in [-0.2, 0) is 0 Å². The number of rotatable bonds is 2. The SMILES string of the molecule is Cc1cccc(C(=N)N)c1N1CCC2C(CCCN2C)C1. The molecule has 1 aromatic carbocycles. The van der Waals surface area contributed by atoms with Crippen molar-refractivity contribution in [2.75, 3.05) is 31.6 Å². The Balaban J connectivity index is 1.87. The standard InChI is InChI=1S/C17H26N4/c1-12-5-3-7-14(17(18)19)16(12)21-10-8-15-13(11-21)6-4-9-20(15)2/h3,5,7,13,15H,4,6,8-11H2,1-2H3,(H3,18,19). The lowest BCUT2D eigenvalue weighted by Crippen LogP contribution is -2.53. The Morgan fingerprint density at radius 1 is 1.29 bits per heavy atom. The molecule has 2 fully saturated rings. The molecule has 4 nitrogen and oxygen atoms in total. The van der Waals surface area contributed by atoms with Crippen molar-refractivity contribution in [3.8, 4) is 0 Å². The molecule has 0 aromatic heterocycles. The number of nitrogens with two attached hydrogens (primary N) is 1. The Hall–Kier alpha value is -1.55. The van der Waals surface area contributed by atoms with Crippen LogP contribution in [0.3, 0.4) is 0 Å². The van der Waals surface area contributed by atoms with E-state index in [1.807, 2.05) is 12.1 Å². The van der Waals surface area contributed by atoms with Crippen molar-refractivity contribution in [3.63, 3.8) is 0 Å². The lowest BCUT2D eigenvalue weighted by atomic mass is 9.83. The number of nitrogens with zero attached hydrogens (tertiary/aromatic N) is 2.